The molecule has 1 fully saturated rings. The van der Waals surface area contributed by atoms with Crippen LogP contribution in [0.3, 0.4) is 0 Å². The first-order valence-corrected chi connectivity index (χ1v) is 8.85. The molecule has 2 heterocycles. The lowest BCUT2D eigenvalue weighted by atomic mass is 10.1. The molecule has 1 atom stereocenters. The molecule has 3 rings (SSSR count). The summed E-state index contributed by atoms with van der Waals surface area (Å²) >= 11 is 0. The number of para-hydroxylation sites is 1. The number of amides is 2. The van der Waals surface area contributed by atoms with Gasteiger partial charge in [0, 0.05) is 31.5 Å². The van der Waals surface area contributed by atoms with E-state index in [1.165, 1.54) is 30.7 Å². The van der Waals surface area contributed by atoms with Gasteiger partial charge in [0.1, 0.15) is 5.69 Å². The molecule has 2 aromatic rings. The number of halogens is 1. The Bertz CT molecular complexity index is 788. The standard InChI is InChI=1S/C19H21FN4O3/c20-15-5-1-2-6-17(15)27-13-18(25)24-10-3-4-14(7-11-24)23-19(26)16-12-21-8-9-22-16/h1-2,5-6,8-9,12,14H,3-4,7,10-11,13H2,(H,23,26)/t14-/m0/s1. The zero-order valence-electron chi connectivity index (χ0n) is 14.8. The topological polar surface area (TPSA) is 84.4 Å². The van der Waals surface area contributed by atoms with Gasteiger partial charge in [0.2, 0.25) is 0 Å². The van der Waals surface area contributed by atoms with Crippen LogP contribution in [0.1, 0.15) is 29.8 Å². The Kier molecular flexibility index (Phi) is 6.30. The van der Waals surface area contributed by atoms with E-state index in [4.69, 9.17) is 4.74 Å². The lowest BCUT2D eigenvalue weighted by Crippen LogP contribution is -2.38. The second-order valence-electron chi connectivity index (χ2n) is 6.29. The summed E-state index contributed by atoms with van der Waals surface area (Å²) in [4.78, 5) is 34.1. The number of likely N-dealkylation sites (tertiary alicyclic amines) is 1. The highest BCUT2D eigenvalue weighted by Crippen LogP contribution is 2.16. The van der Waals surface area contributed by atoms with Gasteiger partial charge in [-0.25, -0.2) is 9.37 Å². The minimum absolute atomic E-state index is 0.0372. The number of aromatic nitrogens is 2. The lowest BCUT2D eigenvalue weighted by Gasteiger charge is -2.21. The summed E-state index contributed by atoms with van der Waals surface area (Å²) < 4.78 is 18.9. The predicted molar refractivity (Wildman–Crippen MR) is 95.6 cm³/mol. The summed E-state index contributed by atoms with van der Waals surface area (Å²) in [5.41, 5.74) is 0.271. The van der Waals surface area contributed by atoms with Gasteiger partial charge >= 0.3 is 0 Å². The van der Waals surface area contributed by atoms with E-state index in [1.54, 1.807) is 17.0 Å². The number of benzene rings is 1. The summed E-state index contributed by atoms with van der Waals surface area (Å²) in [7, 11) is 0. The van der Waals surface area contributed by atoms with Crippen LogP contribution in [0, 0.1) is 5.82 Å². The highest BCUT2D eigenvalue weighted by molar-refractivity contribution is 5.92. The molecule has 142 valence electrons. The number of hydrogen-bond donors (Lipinski definition) is 1. The van der Waals surface area contributed by atoms with Crippen molar-refractivity contribution < 1.29 is 18.7 Å². The molecule has 0 saturated carbocycles. The van der Waals surface area contributed by atoms with Crippen LogP contribution < -0.4 is 10.1 Å². The molecule has 0 radical (unpaired) electrons. The fourth-order valence-electron chi connectivity index (χ4n) is 2.96. The molecule has 27 heavy (non-hydrogen) atoms. The summed E-state index contributed by atoms with van der Waals surface area (Å²) in [6.45, 7) is 0.874. The fourth-order valence-corrected chi connectivity index (χ4v) is 2.96. The molecule has 1 aliphatic rings. The number of nitrogens with zero attached hydrogens (tertiary/aromatic N) is 3. The molecule has 0 bridgehead atoms. The van der Waals surface area contributed by atoms with Crippen molar-refractivity contribution in [2.45, 2.75) is 25.3 Å². The van der Waals surface area contributed by atoms with Crippen LogP contribution in [0.4, 0.5) is 4.39 Å². The highest BCUT2D eigenvalue weighted by atomic mass is 19.1. The summed E-state index contributed by atoms with van der Waals surface area (Å²) in [6, 6.07) is 5.96. The Morgan fingerprint density at radius 3 is 2.85 bits per heavy atom. The molecule has 0 aliphatic carbocycles. The van der Waals surface area contributed by atoms with Crippen molar-refractivity contribution in [1.82, 2.24) is 20.2 Å². The maximum absolute atomic E-state index is 13.6. The minimum Gasteiger partial charge on any atom is -0.481 e. The number of carbonyl (C=O) groups excluding carboxylic acids is 2. The third kappa shape index (κ3) is 5.22. The van der Waals surface area contributed by atoms with Gasteiger partial charge in [0.05, 0.1) is 6.20 Å². The van der Waals surface area contributed by atoms with Gasteiger partial charge in [-0.15, -0.1) is 0 Å². The second kappa shape index (κ2) is 9.07. The zero-order chi connectivity index (χ0) is 19.1. The van der Waals surface area contributed by atoms with E-state index in [-0.39, 0.29) is 35.9 Å². The van der Waals surface area contributed by atoms with E-state index in [0.717, 1.165) is 12.8 Å². The molecule has 7 nitrogen and oxygen atoms in total. The summed E-state index contributed by atoms with van der Waals surface area (Å²) in [5.74, 6) is -0.891. The molecule has 2 amide bonds. The normalized spacial score (nSPS) is 17.1. The maximum atomic E-state index is 13.6. The van der Waals surface area contributed by atoms with Crippen molar-refractivity contribution >= 4 is 11.8 Å². The Morgan fingerprint density at radius 2 is 2.07 bits per heavy atom. The van der Waals surface area contributed by atoms with Gasteiger partial charge in [-0.2, -0.15) is 0 Å². The quantitative estimate of drug-likeness (QED) is 0.865. The van der Waals surface area contributed by atoms with E-state index in [2.05, 4.69) is 15.3 Å². The van der Waals surface area contributed by atoms with E-state index in [1.807, 2.05) is 0 Å². The maximum Gasteiger partial charge on any atom is 0.271 e. The van der Waals surface area contributed by atoms with Crippen LogP contribution in [0.25, 0.3) is 0 Å². The molecule has 1 aromatic heterocycles. The third-order valence-corrected chi connectivity index (χ3v) is 4.40. The van der Waals surface area contributed by atoms with Crippen molar-refractivity contribution in [1.29, 1.82) is 0 Å². The Hall–Kier alpha value is -3.03. The molecular formula is C19H21FN4O3. The van der Waals surface area contributed by atoms with Crippen LogP contribution in [0.15, 0.2) is 42.9 Å². The van der Waals surface area contributed by atoms with Crippen LogP contribution >= 0.6 is 0 Å². The monoisotopic (exact) mass is 372 g/mol. The van der Waals surface area contributed by atoms with Crippen molar-refractivity contribution in [2.24, 2.45) is 0 Å². The predicted octanol–water partition coefficient (Wildman–Crippen LogP) is 1.81. The van der Waals surface area contributed by atoms with Crippen LogP contribution in [-0.4, -0.2) is 52.4 Å². The zero-order valence-corrected chi connectivity index (χ0v) is 14.8. The van der Waals surface area contributed by atoms with Crippen molar-refractivity contribution in [3.63, 3.8) is 0 Å². The van der Waals surface area contributed by atoms with E-state index in [0.29, 0.717) is 19.5 Å². The van der Waals surface area contributed by atoms with Crippen molar-refractivity contribution in [3.05, 3.63) is 54.4 Å². The molecule has 1 aliphatic heterocycles. The average molecular weight is 372 g/mol. The van der Waals surface area contributed by atoms with Crippen LogP contribution in [0.2, 0.25) is 0 Å². The average Bonchev–Trinajstić information content (AvgIpc) is 2.93. The summed E-state index contributed by atoms with van der Waals surface area (Å²) in [6.07, 6.45) is 6.56. The Balaban J connectivity index is 1.48. The lowest BCUT2D eigenvalue weighted by molar-refractivity contribution is -0.133. The van der Waals surface area contributed by atoms with E-state index < -0.39 is 5.82 Å². The molecular weight excluding hydrogens is 351 g/mol. The largest absolute Gasteiger partial charge is 0.481 e. The van der Waals surface area contributed by atoms with Gasteiger partial charge in [-0.05, 0) is 31.4 Å². The first-order chi connectivity index (χ1) is 13.1. The van der Waals surface area contributed by atoms with Gasteiger partial charge in [-0.3, -0.25) is 14.6 Å². The number of carbonyl (C=O) groups is 2. The minimum atomic E-state index is -0.493. The molecule has 1 aromatic carbocycles. The molecule has 1 N–H and O–H groups in total. The third-order valence-electron chi connectivity index (χ3n) is 4.40. The molecule has 0 unspecified atom stereocenters. The smallest absolute Gasteiger partial charge is 0.271 e. The molecule has 8 heteroatoms. The van der Waals surface area contributed by atoms with Gasteiger partial charge < -0.3 is 15.0 Å². The first kappa shape index (κ1) is 18.8. The van der Waals surface area contributed by atoms with E-state index in [9.17, 15) is 14.0 Å². The first-order valence-electron chi connectivity index (χ1n) is 8.85. The van der Waals surface area contributed by atoms with Gasteiger partial charge in [-0.1, -0.05) is 12.1 Å². The Labute approximate surface area is 156 Å². The number of rotatable bonds is 5. The van der Waals surface area contributed by atoms with E-state index >= 15 is 0 Å². The number of hydrogen-bond acceptors (Lipinski definition) is 5. The Morgan fingerprint density at radius 1 is 1.22 bits per heavy atom. The van der Waals surface area contributed by atoms with Crippen molar-refractivity contribution in [2.75, 3.05) is 19.7 Å². The van der Waals surface area contributed by atoms with Gasteiger partial charge in [0.15, 0.2) is 18.2 Å². The van der Waals surface area contributed by atoms with Crippen molar-refractivity contribution in [3.8, 4) is 5.75 Å². The summed E-state index contributed by atoms with van der Waals surface area (Å²) in [5, 5.41) is 2.94. The second-order valence-corrected chi connectivity index (χ2v) is 6.29. The highest BCUT2D eigenvalue weighted by Gasteiger charge is 2.23. The number of nitrogens with one attached hydrogen (secondary N) is 1. The SMILES string of the molecule is O=C(N[C@H]1CCCN(C(=O)COc2ccccc2F)CC1)c1cnccn1. The number of ether oxygens (including phenoxy) is 1. The van der Waals surface area contributed by atoms with Crippen LogP contribution in [-0.2, 0) is 4.79 Å². The van der Waals surface area contributed by atoms with Gasteiger partial charge in [0.25, 0.3) is 11.8 Å². The van der Waals surface area contributed by atoms with Crippen LogP contribution in [0.5, 0.6) is 5.75 Å². The molecule has 1 saturated heterocycles. The fraction of sp³-hybridized carbons (Fsp3) is 0.368. The molecule has 0 spiro atoms.